The van der Waals surface area contributed by atoms with Crippen LogP contribution in [0, 0.1) is 0 Å². The number of ether oxygens (including phenoxy) is 1. The molecule has 206 valence electrons. The molecule has 0 radical (unpaired) electrons. The van der Waals surface area contributed by atoms with Gasteiger partial charge in [-0.2, -0.15) is 0 Å². The molecule has 1 amide bonds. The fraction of sp³-hybridized carbons (Fsp3) is 0.219. The smallest absolute Gasteiger partial charge is 0.272 e. The minimum Gasteiger partial charge on any atom is -0.494 e. The molecule has 0 aliphatic carbocycles. The Kier molecular flexibility index (Phi) is 9.85. The Balaban J connectivity index is 1.40. The van der Waals surface area contributed by atoms with Crippen LogP contribution >= 0.6 is 0 Å². The normalized spacial score (nSPS) is 12.1. The first-order chi connectivity index (χ1) is 19.4. The Hall–Kier alpha value is -4.69. The van der Waals surface area contributed by atoms with E-state index in [-0.39, 0.29) is 16.6 Å². The topological polar surface area (TPSA) is 107 Å². The van der Waals surface area contributed by atoms with Gasteiger partial charge in [-0.1, -0.05) is 54.6 Å². The van der Waals surface area contributed by atoms with Gasteiger partial charge < -0.3 is 24.9 Å². The van der Waals surface area contributed by atoms with Gasteiger partial charge in [-0.15, -0.1) is 0 Å². The van der Waals surface area contributed by atoms with Crippen molar-refractivity contribution in [2.45, 2.75) is 12.8 Å². The summed E-state index contributed by atoms with van der Waals surface area (Å²) in [5.74, 6) is 0.580. The molecule has 4 aromatic rings. The summed E-state index contributed by atoms with van der Waals surface area (Å²) in [4.78, 5) is 45.2. The lowest BCUT2D eigenvalue weighted by Gasteiger charge is -2.10. The number of rotatable bonds is 11. The second-order valence-corrected chi connectivity index (χ2v) is 9.71. The number of H-pyrrole nitrogens is 2. The van der Waals surface area contributed by atoms with Crippen LogP contribution in [0.5, 0.6) is 5.75 Å². The summed E-state index contributed by atoms with van der Waals surface area (Å²) in [5, 5.41) is 3.20. The van der Waals surface area contributed by atoms with Gasteiger partial charge in [0.25, 0.3) is 17.0 Å². The van der Waals surface area contributed by atoms with Gasteiger partial charge in [-0.05, 0) is 80.0 Å². The number of amides is 1. The lowest BCUT2D eigenvalue weighted by Crippen LogP contribution is -2.46. The number of aromatic amines is 2. The Labute approximate surface area is 232 Å². The van der Waals surface area contributed by atoms with Crippen molar-refractivity contribution in [1.82, 2.24) is 20.2 Å². The van der Waals surface area contributed by atoms with Crippen molar-refractivity contribution in [3.8, 4) is 5.75 Å². The standard InChI is InChI=1S/C32H34N4O4/c1-36(2)19-6-20-40-27-15-11-25(12-16-27)22-29-32(39)34-28(31(38)35-29)21-24-9-13-26(14-10-24)30(37)33-18-17-23-7-4-3-5-8-23/h3-5,7-16,21-22H,6,17-20H2,1-2H3,(H,33,37)(H,34,39)(H,35,38)/b28-21-,29-22-. The maximum absolute atomic E-state index is 12.7. The molecule has 3 N–H and O–H groups in total. The number of nitrogens with one attached hydrogen (secondary N) is 3. The SMILES string of the molecule is CN(C)CCCOc1ccc(/C=c2\[nH]c(=O)/c(=C/c3ccc(C(=O)NCCc4ccccc4)cc3)[nH]c2=O)cc1. The van der Waals surface area contributed by atoms with Crippen molar-refractivity contribution in [3.05, 3.63) is 133 Å². The lowest BCUT2D eigenvalue weighted by molar-refractivity contribution is 0.0954. The molecule has 0 aliphatic heterocycles. The molecule has 0 atom stereocenters. The minimum atomic E-state index is -0.422. The Morgan fingerprint density at radius 3 is 1.98 bits per heavy atom. The van der Waals surface area contributed by atoms with Crippen LogP contribution in [0.25, 0.3) is 12.2 Å². The molecule has 40 heavy (non-hydrogen) atoms. The summed E-state index contributed by atoms with van der Waals surface area (Å²) in [7, 11) is 4.05. The predicted molar refractivity (Wildman–Crippen MR) is 158 cm³/mol. The fourth-order valence-corrected chi connectivity index (χ4v) is 4.06. The average Bonchev–Trinajstić information content (AvgIpc) is 2.95. The van der Waals surface area contributed by atoms with E-state index in [2.05, 4.69) is 20.2 Å². The molecule has 4 rings (SSSR count). The molecule has 1 aromatic heterocycles. The Morgan fingerprint density at radius 1 is 0.825 bits per heavy atom. The van der Waals surface area contributed by atoms with Crippen LogP contribution in [-0.4, -0.2) is 54.6 Å². The van der Waals surface area contributed by atoms with E-state index < -0.39 is 11.1 Å². The average molecular weight is 539 g/mol. The first-order valence-corrected chi connectivity index (χ1v) is 13.2. The molecule has 8 heteroatoms. The summed E-state index contributed by atoms with van der Waals surface area (Å²) in [6.45, 7) is 2.11. The second-order valence-electron chi connectivity index (χ2n) is 9.71. The van der Waals surface area contributed by atoms with Crippen molar-refractivity contribution in [2.75, 3.05) is 33.8 Å². The van der Waals surface area contributed by atoms with E-state index in [0.717, 1.165) is 36.3 Å². The maximum atomic E-state index is 12.7. The molecule has 8 nitrogen and oxygen atoms in total. The molecular weight excluding hydrogens is 504 g/mol. The van der Waals surface area contributed by atoms with Crippen LogP contribution < -0.4 is 31.9 Å². The summed E-state index contributed by atoms with van der Waals surface area (Å²) in [6, 6.07) is 24.1. The van der Waals surface area contributed by atoms with E-state index in [1.165, 1.54) is 0 Å². The number of nitrogens with zero attached hydrogens (tertiary/aromatic N) is 1. The lowest BCUT2D eigenvalue weighted by atomic mass is 10.1. The predicted octanol–water partition coefficient (Wildman–Crippen LogP) is 2.02. The van der Waals surface area contributed by atoms with Gasteiger partial charge in [0.05, 0.1) is 6.61 Å². The van der Waals surface area contributed by atoms with Gasteiger partial charge in [0.1, 0.15) is 16.4 Å². The molecular formula is C32H34N4O4. The fourth-order valence-electron chi connectivity index (χ4n) is 4.06. The number of carbonyl (C=O) groups excluding carboxylic acids is 1. The van der Waals surface area contributed by atoms with E-state index in [1.807, 2.05) is 68.7 Å². The summed E-state index contributed by atoms with van der Waals surface area (Å²) in [5.41, 5.74) is 2.28. The zero-order valence-electron chi connectivity index (χ0n) is 22.8. The second kappa shape index (κ2) is 13.9. The minimum absolute atomic E-state index is 0.128. The molecule has 0 unspecified atom stereocenters. The third-order valence-corrected chi connectivity index (χ3v) is 6.22. The van der Waals surface area contributed by atoms with Crippen LogP contribution in [0.15, 0.2) is 88.5 Å². The van der Waals surface area contributed by atoms with Crippen molar-refractivity contribution >= 4 is 18.1 Å². The van der Waals surface area contributed by atoms with Gasteiger partial charge in [0, 0.05) is 18.7 Å². The number of hydrogen-bond acceptors (Lipinski definition) is 5. The van der Waals surface area contributed by atoms with Crippen LogP contribution in [0.2, 0.25) is 0 Å². The molecule has 3 aromatic carbocycles. The zero-order chi connectivity index (χ0) is 28.3. The summed E-state index contributed by atoms with van der Waals surface area (Å²) >= 11 is 0. The highest BCUT2D eigenvalue weighted by molar-refractivity contribution is 5.94. The van der Waals surface area contributed by atoms with Gasteiger partial charge in [-0.25, -0.2) is 0 Å². The highest BCUT2D eigenvalue weighted by atomic mass is 16.5. The summed E-state index contributed by atoms with van der Waals surface area (Å²) in [6.07, 6.45) is 4.86. The Morgan fingerprint density at radius 2 is 1.40 bits per heavy atom. The largest absolute Gasteiger partial charge is 0.494 e. The van der Waals surface area contributed by atoms with Gasteiger partial charge in [0.15, 0.2) is 0 Å². The molecule has 0 spiro atoms. The quantitative estimate of drug-likeness (QED) is 0.253. The number of hydrogen-bond donors (Lipinski definition) is 3. The number of benzene rings is 3. The number of aromatic nitrogens is 2. The van der Waals surface area contributed by atoms with E-state index in [4.69, 9.17) is 4.74 Å². The molecule has 0 saturated carbocycles. The van der Waals surface area contributed by atoms with Gasteiger partial charge >= 0.3 is 0 Å². The van der Waals surface area contributed by atoms with E-state index in [1.54, 1.807) is 36.4 Å². The molecule has 1 heterocycles. The van der Waals surface area contributed by atoms with Crippen LogP contribution in [0.1, 0.15) is 33.5 Å². The summed E-state index contributed by atoms with van der Waals surface area (Å²) < 4.78 is 5.74. The van der Waals surface area contributed by atoms with Crippen LogP contribution in [-0.2, 0) is 6.42 Å². The van der Waals surface area contributed by atoms with Crippen molar-refractivity contribution in [2.24, 2.45) is 0 Å². The third-order valence-electron chi connectivity index (χ3n) is 6.22. The highest BCUT2D eigenvalue weighted by Crippen LogP contribution is 2.12. The molecule has 0 bridgehead atoms. The van der Waals surface area contributed by atoms with Crippen molar-refractivity contribution in [3.63, 3.8) is 0 Å². The van der Waals surface area contributed by atoms with Crippen molar-refractivity contribution < 1.29 is 9.53 Å². The molecule has 0 saturated heterocycles. The molecule has 0 fully saturated rings. The monoisotopic (exact) mass is 538 g/mol. The molecule has 0 aliphatic rings. The van der Waals surface area contributed by atoms with E-state index in [9.17, 15) is 14.4 Å². The maximum Gasteiger partial charge on any atom is 0.272 e. The highest BCUT2D eigenvalue weighted by Gasteiger charge is 2.05. The first-order valence-electron chi connectivity index (χ1n) is 13.2. The van der Waals surface area contributed by atoms with Crippen LogP contribution in [0.4, 0.5) is 0 Å². The third kappa shape index (κ3) is 8.41. The van der Waals surface area contributed by atoms with E-state index in [0.29, 0.717) is 24.3 Å². The van der Waals surface area contributed by atoms with Gasteiger partial charge in [-0.3, -0.25) is 14.4 Å². The van der Waals surface area contributed by atoms with Crippen molar-refractivity contribution in [1.29, 1.82) is 0 Å². The zero-order valence-corrected chi connectivity index (χ0v) is 22.8. The van der Waals surface area contributed by atoms with E-state index >= 15 is 0 Å². The van der Waals surface area contributed by atoms with Crippen LogP contribution in [0.3, 0.4) is 0 Å². The Bertz CT molecular complexity index is 1640. The first kappa shape index (κ1) is 28.3. The number of carbonyl (C=O) groups is 1. The van der Waals surface area contributed by atoms with Gasteiger partial charge in [0.2, 0.25) is 0 Å².